The van der Waals surface area contributed by atoms with Gasteiger partial charge in [0.2, 0.25) is 0 Å². The molecule has 1 rings (SSSR count). The van der Waals surface area contributed by atoms with Crippen molar-refractivity contribution in [3.8, 4) is 0 Å². The van der Waals surface area contributed by atoms with Gasteiger partial charge in [-0.3, -0.25) is 19.1 Å². The van der Waals surface area contributed by atoms with Gasteiger partial charge in [0.1, 0.15) is 6.23 Å². The number of nitrogens with zero attached hydrogens (tertiary/aromatic N) is 1. The number of H-pyrrole nitrogens is 1. The molecule has 0 bridgehead atoms. The zero-order valence-corrected chi connectivity index (χ0v) is 14.4. The summed E-state index contributed by atoms with van der Waals surface area (Å²) >= 11 is 0. The molecule has 0 aliphatic heterocycles. The molecular formula is C16H26N2O6. The van der Waals surface area contributed by atoms with Gasteiger partial charge in [0, 0.05) is 31.9 Å². The van der Waals surface area contributed by atoms with Crippen molar-refractivity contribution in [3.05, 3.63) is 33.1 Å². The van der Waals surface area contributed by atoms with Gasteiger partial charge in [0.15, 0.2) is 0 Å². The Labute approximate surface area is 140 Å². The fraction of sp³-hybridized carbons (Fsp3) is 0.688. The molecule has 0 fully saturated rings. The number of carbonyl (C=O) groups excluding carboxylic acids is 1. The average Bonchev–Trinajstić information content (AvgIpc) is 2.53. The molecule has 0 aromatic carbocycles. The summed E-state index contributed by atoms with van der Waals surface area (Å²) in [7, 11) is 1.27. The highest BCUT2D eigenvalue weighted by Crippen LogP contribution is 2.32. The quantitative estimate of drug-likeness (QED) is 0.481. The van der Waals surface area contributed by atoms with E-state index in [1.165, 1.54) is 13.3 Å². The SMILES string of the molecule is CCCCOCCC(C)(CC(O)n1ccc(=O)[nH]c1=O)C(=O)OC. The second kappa shape index (κ2) is 9.39. The van der Waals surface area contributed by atoms with Gasteiger partial charge < -0.3 is 14.6 Å². The molecule has 136 valence electrons. The van der Waals surface area contributed by atoms with Gasteiger partial charge in [0.25, 0.3) is 5.56 Å². The molecule has 2 N–H and O–H groups in total. The maximum Gasteiger partial charge on any atom is 0.330 e. The Morgan fingerprint density at radius 2 is 2.12 bits per heavy atom. The summed E-state index contributed by atoms with van der Waals surface area (Å²) in [6, 6.07) is 1.13. The molecule has 0 aliphatic carbocycles. The first-order valence-electron chi connectivity index (χ1n) is 7.99. The maximum absolute atomic E-state index is 12.1. The minimum absolute atomic E-state index is 0.0389. The van der Waals surface area contributed by atoms with Crippen LogP contribution in [0.15, 0.2) is 21.9 Å². The number of hydrogen-bond acceptors (Lipinski definition) is 6. The van der Waals surface area contributed by atoms with Crippen LogP contribution in [0, 0.1) is 5.41 Å². The number of aliphatic hydroxyl groups excluding tert-OH is 1. The van der Waals surface area contributed by atoms with Crippen molar-refractivity contribution in [3.63, 3.8) is 0 Å². The van der Waals surface area contributed by atoms with Crippen LogP contribution in [-0.4, -0.2) is 41.0 Å². The summed E-state index contributed by atoms with van der Waals surface area (Å²) in [5.41, 5.74) is -2.31. The molecule has 0 amide bonds. The Balaban J connectivity index is 2.82. The summed E-state index contributed by atoms with van der Waals surface area (Å²) in [5.74, 6) is -0.488. The molecule has 0 spiro atoms. The van der Waals surface area contributed by atoms with E-state index in [2.05, 4.69) is 11.9 Å². The van der Waals surface area contributed by atoms with E-state index < -0.39 is 28.9 Å². The van der Waals surface area contributed by atoms with E-state index in [4.69, 9.17) is 9.47 Å². The van der Waals surface area contributed by atoms with Crippen LogP contribution in [-0.2, 0) is 14.3 Å². The zero-order chi connectivity index (χ0) is 18.2. The highest BCUT2D eigenvalue weighted by molar-refractivity contribution is 5.76. The van der Waals surface area contributed by atoms with E-state index in [0.717, 1.165) is 23.5 Å². The van der Waals surface area contributed by atoms with Crippen molar-refractivity contribution < 1.29 is 19.4 Å². The van der Waals surface area contributed by atoms with E-state index >= 15 is 0 Å². The van der Waals surface area contributed by atoms with E-state index in [-0.39, 0.29) is 6.42 Å². The first-order chi connectivity index (χ1) is 11.3. The molecule has 1 aromatic heterocycles. The van der Waals surface area contributed by atoms with Gasteiger partial charge in [-0.2, -0.15) is 0 Å². The van der Waals surface area contributed by atoms with Crippen LogP contribution in [0.2, 0.25) is 0 Å². The van der Waals surface area contributed by atoms with Crippen molar-refractivity contribution in [2.24, 2.45) is 5.41 Å². The van der Waals surface area contributed by atoms with Crippen molar-refractivity contribution in [1.29, 1.82) is 0 Å². The number of aliphatic hydroxyl groups is 1. The van der Waals surface area contributed by atoms with Gasteiger partial charge in [-0.25, -0.2) is 4.79 Å². The number of aromatic nitrogens is 2. The molecule has 2 atom stereocenters. The van der Waals surface area contributed by atoms with Gasteiger partial charge in [-0.1, -0.05) is 13.3 Å². The molecule has 1 heterocycles. The molecule has 8 nitrogen and oxygen atoms in total. The van der Waals surface area contributed by atoms with Crippen LogP contribution in [0.5, 0.6) is 0 Å². The number of nitrogens with one attached hydrogen (secondary N) is 1. The molecule has 2 unspecified atom stereocenters. The summed E-state index contributed by atoms with van der Waals surface area (Å²) in [5, 5.41) is 10.3. The van der Waals surface area contributed by atoms with Gasteiger partial charge in [-0.15, -0.1) is 0 Å². The van der Waals surface area contributed by atoms with Gasteiger partial charge in [0.05, 0.1) is 12.5 Å². The topological polar surface area (TPSA) is 111 Å². The standard InChI is InChI=1S/C16H26N2O6/c1-4-5-9-24-10-7-16(2,14(21)23-3)11-13(20)18-8-6-12(19)17-15(18)22/h6,8,13,20H,4-5,7,9-11H2,1-3H3,(H,17,19,22). The highest BCUT2D eigenvalue weighted by Gasteiger charge is 2.37. The third-order valence-electron chi connectivity index (χ3n) is 3.92. The van der Waals surface area contributed by atoms with Crippen molar-refractivity contribution in [2.45, 2.75) is 45.8 Å². The first-order valence-corrected chi connectivity index (χ1v) is 7.99. The Kier molecular flexibility index (Phi) is 7.87. The number of carbonyl (C=O) groups is 1. The average molecular weight is 342 g/mol. The number of ether oxygens (including phenoxy) is 2. The Morgan fingerprint density at radius 3 is 2.71 bits per heavy atom. The Morgan fingerprint density at radius 1 is 1.42 bits per heavy atom. The fourth-order valence-electron chi connectivity index (χ4n) is 2.34. The fourth-order valence-corrected chi connectivity index (χ4v) is 2.34. The highest BCUT2D eigenvalue weighted by atomic mass is 16.5. The second-order valence-corrected chi connectivity index (χ2v) is 5.97. The summed E-state index contributed by atoms with van der Waals surface area (Å²) < 4.78 is 11.3. The number of methoxy groups -OCH3 is 1. The number of unbranched alkanes of at least 4 members (excludes halogenated alkanes) is 1. The molecule has 0 aliphatic rings. The number of hydrogen-bond donors (Lipinski definition) is 2. The molecule has 1 aromatic rings. The molecule has 0 radical (unpaired) electrons. The van der Waals surface area contributed by atoms with Crippen LogP contribution in [0.25, 0.3) is 0 Å². The Bertz CT molecular complexity index is 638. The van der Waals surface area contributed by atoms with E-state index in [9.17, 15) is 19.5 Å². The van der Waals surface area contributed by atoms with Gasteiger partial charge in [-0.05, 0) is 19.8 Å². The normalized spacial score (nSPS) is 14.8. The molecule has 8 heteroatoms. The van der Waals surface area contributed by atoms with E-state index in [1.807, 2.05) is 0 Å². The molecule has 24 heavy (non-hydrogen) atoms. The van der Waals surface area contributed by atoms with Crippen molar-refractivity contribution in [1.82, 2.24) is 9.55 Å². The monoisotopic (exact) mass is 342 g/mol. The largest absolute Gasteiger partial charge is 0.469 e. The lowest BCUT2D eigenvalue weighted by molar-refractivity contribution is -0.156. The summed E-state index contributed by atoms with van der Waals surface area (Å²) in [6.45, 7) is 4.66. The van der Waals surface area contributed by atoms with Crippen LogP contribution in [0.3, 0.4) is 0 Å². The Hall–Kier alpha value is -1.93. The van der Waals surface area contributed by atoms with Crippen LogP contribution in [0.1, 0.15) is 45.8 Å². The van der Waals surface area contributed by atoms with Crippen molar-refractivity contribution >= 4 is 5.97 Å². The second-order valence-electron chi connectivity index (χ2n) is 5.97. The van der Waals surface area contributed by atoms with E-state index in [1.54, 1.807) is 6.92 Å². The molecular weight excluding hydrogens is 316 g/mol. The van der Waals surface area contributed by atoms with Crippen LogP contribution in [0.4, 0.5) is 0 Å². The lowest BCUT2D eigenvalue weighted by Crippen LogP contribution is -2.37. The lowest BCUT2D eigenvalue weighted by atomic mass is 9.82. The molecule has 0 saturated heterocycles. The lowest BCUT2D eigenvalue weighted by Gasteiger charge is -2.29. The van der Waals surface area contributed by atoms with Gasteiger partial charge >= 0.3 is 11.7 Å². The van der Waals surface area contributed by atoms with Crippen LogP contribution >= 0.6 is 0 Å². The zero-order valence-electron chi connectivity index (χ0n) is 14.4. The first kappa shape index (κ1) is 20.1. The van der Waals surface area contributed by atoms with E-state index in [0.29, 0.717) is 19.6 Å². The minimum Gasteiger partial charge on any atom is -0.469 e. The number of esters is 1. The predicted molar refractivity (Wildman–Crippen MR) is 87.7 cm³/mol. The third-order valence-corrected chi connectivity index (χ3v) is 3.92. The summed E-state index contributed by atoms with van der Waals surface area (Å²) in [6.07, 6.45) is 2.18. The maximum atomic E-state index is 12.1. The summed E-state index contributed by atoms with van der Waals surface area (Å²) in [4.78, 5) is 37.0. The van der Waals surface area contributed by atoms with Crippen LogP contribution < -0.4 is 11.2 Å². The number of rotatable bonds is 10. The smallest absolute Gasteiger partial charge is 0.330 e. The third kappa shape index (κ3) is 5.61. The molecule has 0 saturated carbocycles. The minimum atomic E-state index is -1.27. The number of aromatic amines is 1. The van der Waals surface area contributed by atoms with Crippen molar-refractivity contribution in [2.75, 3.05) is 20.3 Å². The predicted octanol–water partition coefficient (Wildman–Crippen LogP) is 0.804.